The zero-order valence-electron chi connectivity index (χ0n) is 11.2. The van der Waals surface area contributed by atoms with Gasteiger partial charge in [-0.15, -0.1) is 0 Å². The highest BCUT2D eigenvalue weighted by Gasteiger charge is 2.18. The third-order valence-corrected chi connectivity index (χ3v) is 2.92. The number of carboxylic acids is 1. The Morgan fingerprint density at radius 3 is 2.19 bits per heavy atom. The molecule has 0 spiro atoms. The van der Waals surface area contributed by atoms with Gasteiger partial charge in [-0.1, -0.05) is 30.3 Å². The maximum Gasteiger partial charge on any atom is 0.323 e. The van der Waals surface area contributed by atoms with Gasteiger partial charge in [-0.3, -0.25) is 9.59 Å². The molecule has 0 heterocycles. The third-order valence-electron chi connectivity index (χ3n) is 2.92. The number of rotatable bonds is 5. The zero-order valence-corrected chi connectivity index (χ0v) is 11.2. The lowest BCUT2D eigenvalue weighted by molar-refractivity contribution is -0.137. The van der Waals surface area contributed by atoms with E-state index in [4.69, 9.17) is 5.11 Å². The molecular weight excluding hydrogens is 273 g/mol. The molecule has 2 rings (SSSR count). The molecule has 4 nitrogen and oxygen atoms in total. The number of carbonyl (C=O) groups excluding carboxylic acids is 1. The Labute approximate surface area is 121 Å². The fourth-order valence-corrected chi connectivity index (χ4v) is 1.94. The summed E-state index contributed by atoms with van der Waals surface area (Å²) in [5, 5.41) is 8.95. The van der Waals surface area contributed by atoms with Gasteiger partial charge in [0.2, 0.25) is 0 Å². The van der Waals surface area contributed by atoms with Gasteiger partial charge in [0.15, 0.2) is 0 Å². The monoisotopic (exact) mass is 287 g/mol. The summed E-state index contributed by atoms with van der Waals surface area (Å²) in [6.45, 7) is -0.300. The van der Waals surface area contributed by atoms with Gasteiger partial charge in [0.05, 0.1) is 0 Å². The van der Waals surface area contributed by atoms with Gasteiger partial charge < -0.3 is 10.0 Å². The van der Waals surface area contributed by atoms with Crippen molar-refractivity contribution in [1.82, 2.24) is 4.90 Å². The van der Waals surface area contributed by atoms with Crippen LogP contribution >= 0.6 is 0 Å². The van der Waals surface area contributed by atoms with Crippen molar-refractivity contribution in [2.24, 2.45) is 0 Å². The van der Waals surface area contributed by atoms with Crippen LogP contribution in [0, 0.1) is 5.82 Å². The van der Waals surface area contributed by atoms with Crippen molar-refractivity contribution in [3.05, 3.63) is 71.5 Å². The average molecular weight is 287 g/mol. The normalized spacial score (nSPS) is 10.1. The van der Waals surface area contributed by atoms with E-state index >= 15 is 0 Å². The Hall–Kier alpha value is -2.69. The Morgan fingerprint density at radius 2 is 1.62 bits per heavy atom. The number of hydrogen-bond donors (Lipinski definition) is 1. The molecule has 0 fully saturated rings. The molecule has 0 aliphatic heterocycles. The maximum atomic E-state index is 12.9. The molecule has 21 heavy (non-hydrogen) atoms. The fourth-order valence-electron chi connectivity index (χ4n) is 1.94. The predicted octanol–water partition coefficient (Wildman–Crippen LogP) is 2.55. The number of carboxylic acid groups (broad SMARTS) is 1. The summed E-state index contributed by atoms with van der Waals surface area (Å²) in [4.78, 5) is 24.5. The van der Waals surface area contributed by atoms with Crippen molar-refractivity contribution in [3.8, 4) is 0 Å². The van der Waals surface area contributed by atoms with Gasteiger partial charge in [0, 0.05) is 12.1 Å². The molecule has 0 saturated heterocycles. The van der Waals surface area contributed by atoms with Crippen LogP contribution in [0.2, 0.25) is 0 Å². The second kappa shape index (κ2) is 6.65. The first-order chi connectivity index (χ1) is 10.1. The second-order valence-corrected chi connectivity index (χ2v) is 4.55. The Bertz CT molecular complexity index is 626. The Morgan fingerprint density at radius 1 is 1.00 bits per heavy atom. The lowest BCUT2D eigenvalue weighted by Crippen LogP contribution is -2.35. The standard InChI is InChI=1S/C16H14FNO3/c17-14-8-6-12(7-9-14)10-18(11-15(19)20)16(21)13-4-2-1-3-5-13/h1-9H,10-11H2,(H,19,20). The predicted molar refractivity (Wildman–Crippen MR) is 75.2 cm³/mol. The van der Waals surface area contributed by atoms with Crippen molar-refractivity contribution < 1.29 is 19.1 Å². The minimum atomic E-state index is -1.10. The van der Waals surface area contributed by atoms with E-state index in [1.165, 1.54) is 29.2 Å². The molecule has 2 aromatic rings. The van der Waals surface area contributed by atoms with Crippen LogP contribution in [0.5, 0.6) is 0 Å². The van der Waals surface area contributed by atoms with Gasteiger partial charge >= 0.3 is 5.97 Å². The van der Waals surface area contributed by atoms with E-state index in [0.717, 1.165) is 0 Å². The summed E-state index contributed by atoms with van der Waals surface area (Å²) >= 11 is 0. The van der Waals surface area contributed by atoms with E-state index in [1.54, 1.807) is 30.3 Å². The van der Waals surface area contributed by atoms with E-state index in [1.807, 2.05) is 0 Å². The molecule has 0 atom stereocenters. The first-order valence-corrected chi connectivity index (χ1v) is 6.37. The zero-order chi connectivity index (χ0) is 15.2. The maximum absolute atomic E-state index is 12.9. The number of nitrogens with zero attached hydrogens (tertiary/aromatic N) is 1. The van der Waals surface area contributed by atoms with Crippen LogP contribution in [0.3, 0.4) is 0 Å². The van der Waals surface area contributed by atoms with Crippen LogP contribution in [0.4, 0.5) is 4.39 Å². The van der Waals surface area contributed by atoms with Crippen molar-refractivity contribution >= 4 is 11.9 Å². The van der Waals surface area contributed by atoms with Crippen LogP contribution < -0.4 is 0 Å². The van der Waals surface area contributed by atoms with E-state index in [2.05, 4.69) is 0 Å². The van der Waals surface area contributed by atoms with Crippen LogP contribution in [-0.4, -0.2) is 28.4 Å². The van der Waals surface area contributed by atoms with E-state index in [9.17, 15) is 14.0 Å². The van der Waals surface area contributed by atoms with Crippen LogP contribution in [-0.2, 0) is 11.3 Å². The minimum absolute atomic E-state index is 0.111. The summed E-state index contributed by atoms with van der Waals surface area (Å²) in [5.41, 5.74) is 1.09. The van der Waals surface area contributed by atoms with E-state index < -0.39 is 12.5 Å². The van der Waals surface area contributed by atoms with Crippen molar-refractivity contribution in [1.29, 1.82) is 0 Å². The molecule has 0 bridgehead atoms. The smallest absolute Gasteiger partial charge is 0.323 e. The van der Waals surface area contributed by atoms with Gasteiger partial charge in [0.25, 0.3) is 5.91 Å². The average Bonchev–Trinajstić information content (AvgIpc) is 2.48. The number of benzene rings is 2. The molecule has 1 amide bonds. The number of amides is 1. The molecule has 0 radical (unpaired) electrons. The lowest BCUT2D eigenvalue weighted by Gasteiger charge is -2.21. The summed E-state index contributed by atoms with van der Waals surface area (Å²) in [6.07, 6.45) is 0. The summed E-state index contributed by atoms with van der Waals surface area (Å²) < 4.78 is 12.9. The highest BCUT2D eigenvalue weighted by atomic mass is 19.1. The first kappa shape index (κ1) is 14.7. The van der Waals surface area contributed by atoms with E-state index in [-0.39, 0.29) is 18.3 Å². The van der Waals surface area contributed by atoms with Crippen LogP contribution in [0.25, 0.3) is 0 Å². The van der Waals surface area contributed by atoms with Crippen LogP contribution in [0.15, 0.2) is 54.6 Å². The van der Waals surface area contributed by atoms with Gasteiger partial charge in [-0.2, -0.15) is 0 Å². The summed E-state index contributed by atoms with van der Waals surface area (Å²) in [5.74, 6) is -1.85. The molecule has 0 aliphatic carbocycles. The van der Waals surface area contributed by atoms with E-state index in [0.29, 0.717) is 11.1 Å². The highest BCUT2D eigenvalue weighted by Crippen LogP contribution is 2.11. The largest absolute Gasteiger partial charge is 0.480 e. The molecule has 5 heteroatoms. The fraction of sp³-hybridized carbons (Fsp3) is 0.125. The third kappa shape index (κ3) is 4.14. The van der Waals surface area contributed by atoms with Gasteiger partial charge in [-0.05, 0) is 29.8 Å². The highest BCUT2D eigenvalue weighted by molar-refractivity contribution is 5.95. The molecular formula is C16H14FNO3. The SMILES string of the molecule is O=C(O)CN(Cc1ccc(F)cc1)C(=O)c1ccccc1. The molecule has 2 aromatic carbocycles. The molecule has 0 aromatic heterocycles. The number of halogens is 1. The number of carbonyl (C=O) groups is 2. The second-order valence-electron chi connectivity index (χ2n) is 4.55. The first-order valence-electron chi connectivity index (χ1n) is 6.37. The summed E-state index contributed by atoms with van der Waals surface area (Å²) in [7, 11) is 0. The molecule has 0 aliphatic rings. The minimum Gasteiger partial charge on any atom is -0.480 e. The number of hydrogen-bond acceptors (Lipinski definition) is 2. The van der Waals surface area contributed by atoms with Gasteiger partial charge in [-0.25, -0.2) is 4.39 Å². The molecule has 108 valence electrons. The van der Waals surface area contributed by atoms with Crippen molar-refractivity contribution in [2.45, 2.75) is 6.54 Å². The lowest BCUT2D eigenvalue weighted by atomic mass is 10.1. The topological polar surface area (TPSA) is 57.6 Å². The quantitative estimate of drug-likeness (QED) is 0.919. The molecule has 0 saturated carbocycles. The Balaban J connectivity index is 2.20. The van der Waals surface area contributed by atoms with Gasteiger partial charge in [0.1, 0.15) is 12.4 Å². The van der Waals surface area contributed by atoms with Crippen molar-refractivity contribution in [2.75, 3.05) is 6.54 Å². The summed E-state index contributed by atoms with van der Waals surface area (Å²) in [6, 6.07) is 14.1. The molecule has 0 unspecified atom stereocenters. The Kier molecular flexibility index (Phi) is 4.66. The number of aliphatic carboxylic acids is 1. The van der Waals surface area contributed by atoms with Crippen LogP contribution in [0.1, 0.15) is 15.9 Å². The van der Waals surface area contributed by atoms with Crippen molar-refractivity contribution in [3.63, 3.8) is 0 Å². The molecule has 1 N–H and O–H groups in total.